The van der Waals surface area contributed by atoms with E-state index in [0.29, 0.717) is 49.7 Å². The van der Waals surface area contributed by atoms with Crippen molar-refractivity contribution in [2.75, 3.05) is 31.1 Å². The summed E-state index contributed by atoms with van der Waals surface area (Å²) >= 11 is 10.7. The lowest BCUT2D eigenvalue weighted by Gasteiger charge is -2.25. The van der Waals surface area contributed by atoms with Gasteiger partial charge in [-0.1, -0.05) is 17.7 Å². The molecule has 1 aliphatic heterocycles. The van der Waals surface area contributed by atoms with Crippen LogP contribution >= 0.6 is 23.8 Å². The highest BCUT2D eigenvalue weighted by Gasteiger charge is 2.22. The topological polar surface area (TPSA) is 56.9 Å². The molecule has 1 heterocycles. The number of hydrogen-bond acceptors (Lipinski definition) is 4. The van der Waals surface area contributed by atoms with Crippen molar-refractivity contribution in [2.24, 2.45) is 10.8 Å². The molecular formula is C20H21ClF3N5S. The Bertz CT molecular complexity index is 913. The van der Waals surface area contributed by atoms with Crippen LogP contribution in [-0.4, -0.2) is 42.4 Å². The van der Waals surface area contributed by atoms with Crippen molar-refractivity contribution in [2.45, 2.75) is 13.0 Å². The smallest absolute Gasteiger partial charge is 0.184 e. The van der Waals surface area contributed by atoms with Gasteiger partial charge in [0.15, 0.2) is 5.11 Å². The van der Waals surface area contributed by atoms with Crippen LogP contribution in [0.1, 0.15) is 17.5 Å². The minimum absolute atomic E-state index is 0.0467. The first-order valence-corrected chi connectivity index (χ1v) is 10.1. The molecular weight excluding hydrogens is 435 g/mol. The fourth-order valence-electron chi connectivity index (χ4n) is 3.39. The lowest BCUT2D eigenvalue weighted by atomic mass is 10.1. The number of anilines is 1. The van der Waals surface area contributed by atoms with E-state index in [-0.39, 0.29) is 22.2 Å². The van der Waals surface area contributed by atoms with Gasteiger partial charge in [-0.2, -0.15) is 5.10 Å². The normalized spacial score (nSPS) is 15.4. The monoisotopic (exact) mass is 455 g/mol. The van der Waals surface area contributed by atoms with Crippen LogP contribution in [0.5, 0.6) is 0 Å². The molecule has 2 aromatic carbocycles. The fourth-order valence-corrected chi connectivity index (χ4v) is 3.67. The minimum atomic E-state index is -0.683. The van der Waals surface area contributed by atoms with Crippen molar-refractivity contribution < 1.29 is 13.2 Å². The summed E-state index contributed by atoms with van der Waals surface area (Å²) in [6, 6.07) is 6.98. The first kappa shape index (κ1) is 22.3. The van der Waals surface area contributed by atoms with Crippen molar-refractivity contribution in [3.05, 3.63) is 63.9 Å². The Morgan fingerprint density at radius 1 is 1.13 bits per heavy atom. The maximum Gasteiger partial charge on any atom is 0.184 e. The Labute approximate surface area is 183 Å². The molecule has 0 saturated carbocycles. The molecule has 0 spiro atoms. The third kappa shape index (κ3) is 5.62. The highest BCUT2D eigenvalue weighted by molar-refractivity contribution is 7.80. The summed E-state index contributed by atoms with van der Waals surface area (Å²) in [5.74, 6) is -1.72. The largest absolute Gasteiger partial charge is 0.375 e. The van der Waals surface area contributed by atoms with Gasteiger partial charge < -0.3 is 10.6 Å². The van der Waals surface area contributed by atoms with Crippen LogP contribution in [0.4, 0.5) is 18.9 Å². The summed E-state index contributed by atoms with van der Waals surface area (Å²) in [6.07, 6.45) is 1.91. The summed E-state index contributed by atoms with van der Waals surface area (Å²) in [6.45, 7) is 2.41. The number of halogens is 4. The van der Waals surface area contributed by atoms with Crippen LogP contribution < -0.4 is 16.1 Å². The van der Waals surface area contributed by atoms with Crippen LogP contribution in [0, 0.1) is 17.5 Å². The highest BCUT2D eigenvalue weighted by Crippen LogP contribution is 2.27. The number of benzene rings is 2. The second-order valence-electron chi connectivity index (χ2n) is 6.88. The van der Waals surface area contributed by atoms with Gasteiger partial charge in [-0.25, -0.2) is 13.2 Å². The van der Waals surface area contributed by atoms with Gasteiger partial charge in [0.1, 0.15) is 23.1 Å². The van der Waals surface area contributed by atoms with Gasteiger partial charge in [0.25, 0.3) is 0 Å². The Morgan fingerprint density at radius 2 is 1.87 bits per heavy atom. The van der Waals surface area contributed by atoms with E-state index in [2.05, 4.69) is 22.7 Å². The number of hydrazone groups is 1. The van der Waals surface area contributed by atoms with Crippen molar-refractivity contribution in [3.8, 4) is 0 Å². The molecule has 160 valence electrons. The van der Waals surface area contributed by atoms with Crippen LogP contribution in [-0.2, 0) is 6.54 Å². The molecule has 2 aromatic rings. The highest BCUT2D eigenvalue weighted by atomic mass is 35.5. The summed E-state index contributed by atoms with van der Waals surface area (Å²) in [7, 11) is 0. The number of nitrogens with two attached hydrogens (primary N) is 1. The second-order valence-corrected chi connectivity index (χ2v) is 7.73. The van der Waals surface area contributed by atoms with E-state index in [0.717, 1.165) is 0 Å². The predicted molar refractivity (Wildman–Crippen MR) is 117 cm³/mol. The average molecular weight is 456 g/mol. The van der Waals surface area contributed by atoms with E-state index in [1.165, 1.54) is 24.4 Å². The van der Waals surface area contributed by atoms with E-state index in [1.807, 2.05) is 4.90 Å². The zero-order valence-electron chi connectivity index (χ0n) is 16.0. The molecule has 0 unspecified atom stereocenters. The van der Waals surface area contributed by atoms with Gasteiger partial charge in [-0.3, -0.25) is 10.3 Å². The molecule has 0 atom stereocenters. The van der Waals surface area contributed by atoms with Crippen molar-refractivity contribution >= 4 is 40.8 Å². The zero-order valence-corrected chi connectivity index (χ0v) is 17.6. The molecule has 0 amide bonds. The molecule has 10 heteroatoms. The third-order valence-electron chi connectivity index (χ3n) is 4.78. The average Bonchev–Trinajstić information content (AvgIpc) is 2.90. The molecule has 0 aromatic heterocycles. The van der Waals surface area contributed by atoms with Crippen molar-refractivity contribution in [1.29, 1.82) is 0 Å². The van der Waals surface area contributed by atoms with Gasteiger partial charge >= 0.3 is 0 Å². The lowest BCUT2D eigenvalue weighted by Crippen LogP contribution is -2.31. The molecule has 0 bridgehead atoms. The number of nitrogens with zero attached hydrogens (tertiary/aromatic N) is 3. The Balaban J connectivity index is 1.70. The summed E-state index contributed by atoms with van der Waals surface area (Å²) in [4.78, 5) is 3.70. The van der Waals surface area contributed by atoms with Gasteiger partial charge in [0.05, 0.1) is 6.21 Å². The van der Waals surface area contributed by atoms with Crippen molar-refractivity contribution in [3.63, 3.8) is 0 Å². The second kappa shape index (κ2) is 10.1. The van der Waals surface area contributed by atoms with Crippen LogP contribution in [0.25, 0.3) is 0 Å². The molecule has 3 rings (SSSR count). The van der Waals surface area contributed by atoms with E-state index >= 15 is 0 Å². The fraction of sp³-hybridized carbons (Fsp3) is 0.300. The first-order chi connectivity index (χ1) is 14.3. The third-order valence-corrected chi connectivity index (χ3v) is 5.22. The predicted octanol–water partition coefficient (Wildman–Crippen LogP) is 3.64. The van der Waals surface area contributed by atoms with E-state index in [9.17, 15) is 13.2 Å². The molecule has 30 heavy (non-hydrogen) atoms. The summed E-state index contributed by atoms with van der Waals surface area (Å²) in [5, 5.41) is 4.03. The standard InChI is InChI=1S/C20H21ClF3N5S/c21-15-3-1-4-16(22)14(15)12-28-5-2-6-29(8-7-28)19-17(23)9-13(10-18(19)24)11-26-27-20(25)30/h1,3-4,9-11H,2,5-8,12H2,(H3,25,27,30). The first-order valence-electron chi connectivity index (χ1n) is 9.33. The van der Waals surface area contributed by atoms with E-state index in [4.69, 9.17) is 17.3 Å². The number of nitrogens with one attached hydrogen (secondary N) is 1. The van der Waals surface area contributed by atoms with Crippen LogP contribution in [0.2, 0.25) is 5.02 Å². The van der Waals surface area contributed by atoms with Gasteiger partial charge in [0.2, 0.25) is 0 Å². The Kier molecular flexibility index (Phi) is 7.52. The minimum Gasteiger partial charge on any atom is -0.375 e. The molecule has 3 N–H and O–H groups in total. The summed E-state index contributed by atoms with van der Waals surface area (Å²) in [5.41, 5.74) is 8.17. The number of rotatable bonds is 5. The number of thiocarbonyl (C=S) groups is 1. The van der Waals surface area contributed by atoms with Gasteiger partial charge in [-0.05, 0) is 42.9 Å². The molecule has 5 nitrogen and oxygen atoms in total. The van der Waals surface area contributed by atoms with Crippen LogP contribution in [0.3, 0.4) is 0 Å². The molecule has 1 fully saturated rings. The number of hydrogen-bond donors (Lipinski definition) is 2. The Hall–Kier alpha value is -2.36. The SMILES string of the molecule is NC(=S)NN=Cc1cc(F)c(N2CCCN(Cc3c(F)cccc3Cl)CC2)c(F)c1. The van der Waals surface area contributed by atoms with E-state index < -0.39 is 11.6 Å². The quantitative estimate of drug-likeness (QED) is 0.409. The molecule has 0 radical (unpaired) electrons. The maximum absolute atomic E-state index is 14.7. The molecule has 1 aliphatic rings. The van der Waals surface area contributed by atoms with E-state index in [1.54, 1.807) is 17.0 Å². The zero-order chi connectivity index (χ0) is 21.7. The molecule has 1 saturated heterocycles. The Morgan fingerprint density at radius 3 is 2.53 bits per heavy atom. The molecule has 0 aliphatic carbocycles. The lowest BCUT2D eigenvalue weighted by molar-refractivity contribution is 0.281. The van der Waals surface area contributed by atoms with Gasteiger partial charge in [-0.15, -0.1) is 0 Å². The van der Waals surface area contributed by atoms with Gasteiger partial charge in [0, 0.05) is 48.9 Å². The summed E-state index contributed by atoms with van der Waals surface area (Å²) < 4.78 is 43.4. The van der Waals surface area contributed by atoms with Crippen LogP contribution in [0.15, 0.2) is 35.4 Å². The van der Waals surface area contributed by atoms with Crippen molar-refractivity contribution in [1.82, 2.24) is 10.3 Å². The maximum atomic E-state index is 14.7.